The van der Waals surface area contributed by atoms with Gasteiger partial charge in [-0.2, -0.15) is 0 Å². The zero-order valence-corrected chi connectivity index (χ0v) is 34.0. The van der Waals surface area contributed by atoms with Crippen LogP contribution in [0.2, 0.25) is 0 Å². The number of para-hydroxylation sites is 1. The van der Waals surface area contributed by atoms with Gasteiger partial charge in [0.05, 0.1) is 28.0 Å². The van der Waals surface area contributed by atoms with Gasteiger partial charge in [0.15, 0.2) is 0 Å². The third kappa shape index (κ3) is 6.65. The molecule has 0 saturated carbocycles. The van der Waals surface area contributed by atoms with Crippen LogP contribution in [0, 0.1) is 0 Å². The molecule has 7 aromatic carbocycles. The van der Waals surface area contributed by atoms with Crippen LogP contribution >= 0.6 is 0 Å². The largest absolute Gasteiger partial charge is 0.507 e. The van der Waals surface area contributed by atoms with E-state index in [1.807, 2.05) is 6.20 Å². The summed E-state index contributed by atoms with van der Waals surface area (Å²) < 4.78 is 2.26. The maximum absolute atomic E-state index is 12.4. The van der Waals surface area contributed by atoms with Gasteiger partial charge < -0.3 is 5.11 Å². The van der Waals surface area contributed by atoms with E-state index in [-0.39, 0.29) is 16.6 Å². The van der Waals surface area contributed by atoms with Gasteiger partial charge in [-0.05, 0) is 80.4 Å². The average molecular weight is 754 g/mol. The zero-order valence-electron chi connectivity index (χ0n) is 34.0. The summed E-state index contributed by atoms with van der Waals surface area (Å²) in [4.78, 5) is 10.5. The Labute approximate surface area is 341 Å². The molecule has 58 heavy (non-hydrogen) atoms. The van der Waals surface area contributed by atoms with E-state index in [0.717, 1.165) is 83.3 Å². The predicted molar refractivity (Wildman–Crippen MR) is 243 cm³/mol. The molecule has 9 rings (SSSR count). The molecular weight excluding hydrogens is 707 g/mol. The molecule has 0 saturated heterocycles. The molecule has 4 nitrogen and oxygen atoms in total. The second kappa shape index (κ2) is 14.3. The van der Waals surface area contributed by atoms with Gasteiger partial charge in [0.2, 0.25) is 0 Å². The summed E-state index contributed by atoms with van der Waals surface area (Å²) in [5, 5.41) is 14.7. The highest BCUT2D eigenvalue weighted by molar-refractivity contribution is 5.99. The van der Waals surface area contributed by atoms with Crippen molar-refractivity contribution in [2.24, 2.45) is 0 Å². The van der Waals surface area contributed by atoms with Crippen molar-refractivity contribution in [3.63, 3.8) is 0 Å². The number of rotatable bonds is 6. The Hall–Kier alpha value is -6.78. The molecule has 2 aromatic heterocycles. The summed E-state index contributed by atoms with van der Waals surface area (Å²) in [7, 11) is 0. The van der Waals surface area contributed by atoms with E-state index in [9.17, 15) is 5.11 Å². The van der Waals surface area contributed by atoms with Crippen molar-refractivity contribution in [1.82, 2.24) is 14.5 Å². The molecule has 0 aliphatic rings. The maximum atomic E-state index is 12.4. The Bertz CT molecular complexity index is 2960. The van der Waals surface area contributed by atoms with Gasteiger partial charge in [-0.3, -0.25) is 9.55 Å². The number of hydrogen-bond donors (Lipinski definition) is 1. The summed E-state index contributed by atoms with van der Waals surface area (Å²) >= 11 is 0. The highest BCUT2D eigenvalue weighted by Crippen LogP contribution is 2.46. The second-order valence-electron chi connectivity index (χ2n) is 17.3. The number of hydrogen-bond acceptors (Lipinski definition) is 3. The third-order valence-electron chi connectivity index (χ3n) is 11.3. The molecule has 0 aliphatic carbocycles. The number of pyridine rings is 1. The van der Waals surface area contributed by atoms with Crippen LogP contribution in [-0.4, -0.2) is 19.6 Å². The van der Waals surface area contributed by atoms with E-state index in [1.54, 1.807) is 0 Å². The van der Waals surface area contributed by atoms with E-state index in [0.29, 0.717) is 11.4 Å². The van der Waals surface area contributed by atoms with Crippen LogP contribution in [0.5, 0.6) is 5.75 Å². The van der Waals surface area contributed by atoms with E-state index in [1.165, 1.54) is 0 Å². The lowest BCUT2D eigenvalue weighted by Crippen LogP contribution is -2.17. The van der Waals surface area contributed by atoms with Crippen LogP contribution in [0.25, 0.3) is 83.5 Å². The topological polar surface area (TPSA) is 50.9 Å². The van der Waals surface area contributed by atoms with Crippen molar-refractivity contribution in [2.75, 3.05) is 0 Å². The molecule has 2 heterocycles. The van der Waals surface area contributed by atoms with Crippen molar-refractivity contribution in [3.05, 3.63) is 181 Å². The fraction of sp³-hybridized carbons (Fsp3) is 0.148. The fourth-order valence-corrected chi connectivity index (χ4v) is 8.14. The first-order valence-electron chi connectivity index (χ1n) is 20.1. The van der Waals surface area contributed by atoms with Crippen LogP contribution in [-0.2, 0) is 10.8 Å². The number of phenols is 1. The summed E-state index contributed by atoms with van der Waals surface area (Å²) in [6.45, 7) is 13.2. The average Bonchev–Trinajstić information content (AvgIpc) is 3.62. The molecule has 0 unspecified atom stereocenters. The van der Waals surface area contributed by atoms with Gasteiger partial charge >= 0.3 is 0 Å². The molecule has 0 bridgehead atoms. The lowest BCUT2D eigenvalue weighted by Gasteiger charge is -2.27. The van der Waals surface area contributed by atoms with Crippen LogP contribution in [0.4, 0.5) is 0 Å². The van der Waals surface area contributed by atoms with Crippen molar-refractivity contribution in [3.8, 4) is 67.5 Å². The quantitative estimate of drug-likeness (QED) is 0.184. The van der Waals surface area contributed by atoms with Gasteiger partial charge in [-0.1, -0.05) is 169 Å². The number of nitrogens with zero attached hydrogens (tertiary/aromatic N) is 3. The van der Waals surface area contributed by atoms with Gasteiger partial charge in [-0.25, -0.2) is 4.98 Å². The maximum Gasteiger partial charge on any atom is 0.149 e. The molecule has 4 heteroatoms. The highest BCUT2D eigenvalue weighted by atomic mass is 16.3. The second-order valence-corrected chi connectivity index (χ2v) is 17.3. The zero-order chi connectivity index (χ0) is 40.2. The van der Waals surface area contributed by atoms with Crippen LogP contribution < -0.4 is 0 Å². The van der Waals surface area contributed by atoms with Gasteiger partial charge in [-0.15, -0.1) is 0 Å². The number of fused-ring (bicyclic) bond motifs is 2. The van der Waals surface area contributed by atoms with Crippen molar-refractivity contribution in [2.45, 2.75) is 52.4 Å². The van der Waals surface area contributed by atoms with Crippen LogP contribution in [0.3, 0.4) is 0 Å². The van der Waals surface area contributed by atoms with Crippen LogP contribution in [0.1, 0.15) is 52.7 Å². The predicted octanol–water partition coefficient (Wildman–Crippen LogP) is 14.2. The van der Waals surface area contributed by atoms with E-state index >= 15 is 0 Å². The normalized spacial score (nSPS) is 12.0. The van der Waals surface area contributed by atoms with Crippen molar-refractivity contribution in [1.29, 1.82) is 0 Å². The lowest BCUT2D eigenvalue weighted by molar-refractivity contribution is 0.446. The molecule has 0 amide bonds. The molecule has 9 aromatic rings. The Morgan fingerprint density at radius 1 is 0.500 bits per heavy atom. The van der Waals surface area contributed by atoms with Crippen molar-refractivity contribution < 1.29 is 5.11 Å². The minimum Gasteiger partial charge on any atom is -0.507 e. The van der Waals surface area contributed by atoms with Gasteiger partial charge in [0.1, 0.15) is 11.6 Å². The molecule has 0 radical (unpaired) electrons. The standard InChI is InChI=1S/C54H47N3O/c1-53(2,3)41-33-45(51(58)46(34-41)54(4,5)6)52-56-50-43(39-22-15-23-40(31-39)49-42-24-14-13-21-37(42)29-30-55-49)25-16-26-48(50)57(52)47-28-27-38(35-17-9-7-10-18-35)32-44(47)36-19-11-8-12-20-36/h7-34,58H,1-6H3. The molecule has 0 spiro atoms. The Morgan fingerprint density at radius 3 is 1.91 bits per heavy atom. The third-order valence-corrected chi connectivity index (χ3v) is 11.3. The Balaban J connectivity index is 1.36. The summed E-state index contributed by atoms with van der Waals surface area (Å²) in [5.74, 6) is 0.942. The molecule has 284 valence electrons. The minimum atomic E-state index is -0.315. The highest BCUT2D eigenvalue weighted by Gasteiger charge is 2.29. The Morgan fingerprint density at radius 2 is 1.17 bits per heavy atom. The molecular formula is C54H47N3O. The number of aromatic nitrogens is 3. The first-order valence-corrected chi connectivity index (χ1v) is 20.1. The number of aromatic hydroxyl groups is 1. The summed E-state index contributed by atoms with van der Waals surface area (Å²) in [6, 6.07) is 57.6. The molecule has 1 N–H and O–H groups in total. The van der Waals surface area contributed by atoms with E-state index in [4.69, 9.17) is 9.97 Å². The first kappa shape index (κ1) is 36.8. The number of imidazole rings is 1. The lowest BCUT2D eigenvalue weighted by atomic mass is 9.79. The van der Waals surface area contributed by atoms with Crippen molar-refractivity contribution >= 4 is 21.8 Å². The van der Waals surface area contributed by atoms with E-state index in [2.05, 4.69) is 210 Å². The van der Waals surface area contributed by atoms with E-state index < -0.39 is 0 Å². The smallest absolute Gasteiger partial charge is 0.149 e. The molecule has 0 fully saturated rings. The Kier molecular flexibility index (Phi) is 9.09. The molecule has 0 aliphatic heterocycles. The first-order chi connectivity index (χ1) is 28.0. The van der Waals surface area contributed by atoms with Crippen LogP contribution in [0.15, 0.2) is 170 Å². The van der Waals surface area contributed by atoms with Gasteiger partial charge in [0, 0.05) is 33.8 Å². The summed E-state index contributed by atoms with van der Waals surface area (Å²) in [6.07, 6.45) is 1.89. The van der Waals surface area contributed by atoms with Gasteiger partial charge in [0.25, 0.3) is 0 Å². The summed E-state index contributed by atoms with van der Waals surface area (Å²) in [5.41, 5.74) is 13.5. The molecule has 0 atom stereocenters. The number of phenolic OH excluding ortho intramolecular Hbond substituents is 1. The minimum absolute atomic E-state index is 0.174. The number of benzene rings is 7. The fourth-order valence-electron chi connectivity index (χ4n) is 8.14. The SMILES string of the molecule is CC(C)(C)c1cc(-c2nc3c(-c4cccc(-c5nccc6ccccc56)c4)cccc3n2-c2ccc(-c3ccccc3)cc2-c2ccccc2)c(O)c(C(C)(C)C)c1. The monoisotopic (exact) mass is 753 g/mol.